The van der Waals surface area contributed by atoms with Gasteiger partial charge in [0.2, 0.25) is 0 Å². The first-order valence-corrected chi connectivity index (χ1v) is 17.5. The van der Waals surface area contributed by atoms with Gasteiger partial charge in [0.05, 0.1) is 35.6 Å². The minimum Gasteiger partial charge on any atom is -0.494 e. The Morgan fingerprint density at radius 3 is 2.72 bits per heavy atom. The topological polar surface area (TPSA) is 120 Å². The highest BCUT2D eigenvalue weighted by molar-refractivity contribution is 6.00. The van der Waals surface area contributed by atoms with Crippen LogP contribution in [0.25, 0.3) is 33.6 Å². The SMILES string of the molecule is COc1cc(C(=O)N2C[C@H](N)[C@@H]3CC[C@H]2C3)cc2nc(-c3cc4ccc5nc4n3CCCCCc3ccc(F)c(F)c3C(=O)N[C@@H]5C)n(C)c12. The number of benzene rings is 2. The molecule has 0 spiro atoms. The second-order valence-corrected chi connectivity index (χ2v) is 14.1. The molecule has 1 saturated heterocycles. The van der Waals surface area contributed by atoms with Crippen molar-refractivity contribution >= 4 is 33.9 Å². The van der Waals surface area contributed by atoms with Gasteiger partial charge in [-0.2, -0.15) is 0 Å². The van der Waals surface area contributed by atoms with Crippen LogP contribution < -0.4 is 15.8 Å². The molecule has 0 unspecified atom stereocenters. The molecule has 4 bridgehead atoms. The first-order chi connectivity index (χ1) is 24.1. The van der Waals surface area contributed by atoms with Crippen molar-refractivity contribution in [1.82, 2.24) is 29.3 Å². The molecule has 8 rings (SSSR count). The molecular weight excluding hydrogens is 640 g/mol. The average Bonchev–Trinajstić information content (AvgIpc) is 3.80. The lowest BCUT2D eigenvalue weighted by atomic mass is 9.94. The molecule has 260 valence electrons. The number of pyridine rings is 1. The Morgan fingerprint density at radius 1 is 1.06 bits per heavy atom. The van der Waals surface area contributed by atoms with E-state index in [2.05, 4.69) is 16.0 Å². The van der Waals surface area contributed by atoms with E-state index in [1.54, 1.807) is 14.0 Å². The number of imidazole rings is 1. The number of fused-ring (bicyclic) bond motifs is 5. The van der Waals surface area contributed by atoms with Gasteiger partial charge in [-0.15, -0.1) is 0 Å². The molecule has 1 aliphatic carbocycles. The number of likely N-dealkylation sites (tertiary alicyclic amines) is 1. The predicted molar refractivity (Wildman–Crippen MR) is 186 cm³/mol. The molecule has 2 aliphatic heterocycles. The van der Waals surface area contributed by atoms with E-state index in [1.807, 2.05) is 40.8 Å². The average molecular weight is 682 g/mol. The summed E-state index contributed by atoms with van der Waals surface area (Å²) in [5.74, 6) is -1.12. The maximum atomic E-state index is 14.9. The molecule has 5 aromatic rings. The van der Waals surface area contributed by atoms with Crippen LogP contribution >= 0.6 is 0 Å². The van der Waals surface area contributed by atoms with Crippen LogP contribution in [-0.4, -0.2) is 61.6 Å². The molecule has 1 saturated carbocycles. The Balaban J connectivity index is 1.19. The number of hydrogen-bond acceptors (Lipinski definition) is 6. The van der Waals surface area contributed by atoms with Crippen LogP contribution in [0.1, 0.15) is 83.5 Å². The number of aryl methyl sites for hydroxylation is 3. The van der Waals surface area contributed by atoms with E-state index in [0.717, 1.165) is 60.4 Å². The summed E-state index contributed by atoms with van der Waals surface area (Å²) in [5.41, 5.74) is 10.8. The number of nitrogens with two attached hydrogens (primary N) is 1. The van der Waals surface area contributed by atoms with Crippen molar-refractivity contribution in [1.29, 1.82) is 0 Å². The number of piperidine rings is 1. The zero-order valence-electron chi connectivity index (χ0n) is 28.5. The maximum absolute atomic E-state index is 14.9. The number of nitrogens with zero attached hydrogens (tertiary/aromatic N) is 5. The highest BCUT2D eigenvalue weighted by Gasteiger charge is 2.41. The summed E-state index contributed by atoms with van der Waals surface area (Å²) in [5, 5.41) is 3.74. The van der Waals surface area contributed by atoms with Crippen molar-refractivity contribution in [3.05, 3.63) is 76.5 Å². The summed E-state index contributed by atoms with van der Waals surface area (Å²) in [6, 6.07) is 11.7. The van der Waals surface area contributed by atoms with E-state index in [4.69, 9.17) is 20.4 Å². The first kappa shape index (κ1) is 32.4. The fourth-order valence-corrected chi connectivity index (χ4v) is 8.37. The molecule has 3 aliphatic rings. The molecule has 2 fully saturated rings. The van der Waals surface area contributed by atoms with Gasteiger partial charge in [0.15, 0.2) is 17.5 Å². The van der Waals surface area contributed by atoms with E-state index in [9.17, 15) is 18.4 Å². The molecule has 50 heavy (non-hydrogen) atoms. The van der Waals surface area contributed by atoms with Crippen LogP contribution in [0.2, 0.25) is 0 Å². The van der Waals surface area contributed by atoms with Gasteiger partial charge >= 0.3 is 0 Å². The van der Waals surface area contributed by atoms with Crippen LogP contribution in [0.3, 0.4) is 0 Å². The molecule has 10 nitrogen and oxygen atoms in total. The molecule has 4 atom stereocenters. The lowest BCUT2D eigenvalue weighted by Crippen LogP contribution is -2.51. The third kappa shape index (κ3) is 5.31. The summed E-state index contributed by atoms with van der Waals surface area (Å²) >= 11 is 0. The van der Waals surface area contributed by atoms with Gasteiger partial charge in [-0.25, -0.2) is 18.7 Å². The zero-order chi connectivity index (χ0) is 34.8. The number of ether oxygens (including phenoxy) is 1. The Bertz CT molecular complexity index is 2180. The molecule has 5 heterocycles. The number of methoxy groups -OCH3 is 1. The van der Waals surface area contributed by atoms with Gasteiger partial charge in [-0.05, 0) is 93.3 Å². The number of nitrogens with one attached hydrogen (secondary N) is 1. The Hall–Kier alpha value is -4.84. The number of carbonyl (C=O) groups excluding carboxylic acids is 2. The van der Waals surface area contributed by atoms with Crippen molar-refractivity contribution in [3.8, 4) is 17.3 Å². The summed E-state index contributed by atoms with van der Waals surface area (Å²) in [6.45, 7) is 2.98. The second kappa shape index (κ2) is 12.5. The van der Waals surface area contributed by atoms with Crippen LogP contribution in [0, 0.1) is 17.6 Å². The largest absolute Gasteiger partial charge is 0.494 e. The normalized spacial score (nSPS) is 22.5. The zero-order valence-corrected chi connectivity index (χ0v) is 28.5. The van der Waals surface area contributed by atoms with Gasteiger partial charge in [0.25, 0.3) is 11.8 Å². The number of halogens is 2. The smallest absolute Gasteiger partial charge is 0.255 e. The fraction of sp³-hybridized carbons (Fsp3) is 0.421. The lowest BCUT2D eigenvalue weighted by Gasteiger charge is -2.37. The first-order valence-electron chi connectivity index (χ1n) is 17.5. The molecular formula is C38H41F2N7O3. The van der Waals surface area contributed by atoms with E-state index in [1.165, 1.54) is 6.07 Å². The predicted octanol–water partition coefficient (Wildman–Crippen LogP) is 6.05. The molecule has 2 amide bonds. The van der Waals surface area contributed by atoms with E-state index >= 15 is 0 Å². The van der Waals surface area contributed by atoms with Gasteiger partial charge in [-0.1, -0.05) is 12.5 Å². The second-order valence-electron chi connectivity index (χ2n) is 14.1. The van der Waals surface area contributed by atoms with E-state index in [0.29, 0.717) is 65.8 Å². The van der Waals surface area contributed by atoms with Gasteiger partial charge < -0.3 is 29.8 Å². The summed E-state index contributed by atoms with van der Waals surface area (Å²) < 4.78 is 39.1. The van der Waals surface area contributed by atoms with Crippen molar-refractivity contribution in [2.75, 3.05) is 13.7 Å². The Morgan fingerprint density at radius 2 is 1.90 bits per heavy atom. The molecule has 3 N–H and O–H groups in total. The van der Waals surface area contributed by atoms with Crippen LogP contribution in [0.5, 0.6) is 5.75 Å². The highest BCUT2D eigenvalue weighted by Crippen LogP contribution is 2.39. The summed E-state index contributed by atoms with van der Waals surface area (Å²) in [7, 11) is 3.55. The van der Waals surface area contributed by atoms with Crippen molar-refractivity contribution in [3.63, 3.8) is 0 Å². The van der Waals surface area contributed by atoms with E-state index in [-0.39, 0.29) is 23.6 Å². The Kier molecular flexibility index (Phi) is 8.08. The lowest BCUT2D eigenvalue weighted by molar-refractivity contribution is 0.0603. The minimum atomic E-state index is -1.13. The van der Waals surface area contributed by atoms with Crippen molar-refractivity contribution in [2.24, 2.45) is 18.7 Å². The monoisotopic (exact) mass is 681 g/mol. The van der Waals surface area contributed by atoms with Gasteiger partial charge in [0.1, 0.15) is 16.9 Å². The maximum Gasteiger partial charge on any atom is 0.255 e. The fourth-order valence-electron chi connectivity index (χ4n) is 8.37. The van der Waals surface area contributed by atoms with Crippen molar-refractivity contribution < 1.29 is 23.1 Å². The van der Waals surface area contributed by atoms with Crippen molar-refractivity contribution in [2.45, 2.75) is 76.5 Å². The number of hydrogen-bond donors (Lipinski definition) is 2. The number of amides is 2. The van der Waals surface area contributed by atoms with Gasteiger partial charge in [-0.3, -0.25) is 9.59 Å². The third-order valence-electron chi connectivity index (χ3n) is 11.1. The Labute approximate surface area is 288 Å². The van der Waals surface area contributed by atoms with Crippen LogP contribution in [-0.2, 0) is 20.0 Å². The molecule has 2 aromatic carbocycles. The van der Waals surface area contributed by atoms with Gasteiger partial charge in [0, 0.05) is 43.2 Å². The van der Waals surface area contributed by atoms with Crippen LogP contribution in [0.15, 0.2) is 42.5 Å². The molecule has 12 heteroatoms. The van der Waals surface area contributed by atoms with Crippen LogP contribution in [0.4, 0.5) is 8.78 Å². The van der Waals surface area contributed by atoms with E-state index < -0.39 is 23.6 Å². The standard InChI is InChI=1S/C38H41F2N7O3/c1-20-28-13-10-23-17-30(46(35(23)43-28)14-6-4-5-7-21-9-12-26(39)33(40)32(21)37(48)42-20)36-44-29-16-24(18-31(50-3)34(29)45(36)2)38(49)47-19-27(41)22-8-11-25(47)15-22/h9-10,12-13,16-18,20,22,25,27H,4-8,11,14-15,19,41H2,1-3H3,(H,42,48)/t20-,22-,25+,27+/m1/s1. The third-order valence-corrected chi connectivity index (χ3v) is 11.1. The quantitative estimate of drug-likeness (QED) is 0.240. The number of rotatable bonds is 3. The molecule has 0 radical (unpaired) electrons. The molecule has 3 aromatic heterocycles. The highest BCUT2D eigenvalue weighted by atomic mass is 19.2. The summed E-state index contributed by atoms with van der Waals surface area (Å²) in [6.07, 6.45) is 5.72. The minimum absolute atomic E-state index is 0.00806. The summed E-state index contributed by atoms with van der Waals surface area (Å²) in [4.78, 5) is 39.2. The number of carbonyl (C=O) groups is 2. The number of aromatic nitrogens is 4.